The summed E-state index contributed by atoms with van der Waals surface area (Å²) < 4.78 is 26.0. The van der Waals surface area contributed by atoms with Gasteiger partial charge in [-0.05, 0) is 44.4 Å². The van der Waals surface area contributed by atoms with Crippen molar-refractivity contribution in [3.63, 3.8) is 0 Å². The molecule has 10 heteroatoms. The van der Waals surface area contributed by atoms with E-state index in [1.54, 1.807) is 13.0 Å². The first-order valence-electron chi connectivity index (χ1n) is 10.4. The second-order valence-corrected chi connectivity index (χ2v) is 7.81. The Labute approximate surface area is 192 Å². The van der Waals surface area contributed by atoms with E-state index in [0.717, 1.165) is 11.3 Å². The van der Waals surface area contributed by atoms with Crippen molar-refractivity contribution in [3.8, 4) is 11.5 Å². The number of ether oxygens (including phenoxy) is 4. The number of esters is 2. The van der Waals surface area contributed by atoms with Crippen LogP contribution in [-0.2, 0) is 25.7 Å². The molecule has 1 aromatic carbocycles. The van der Waals surface area contributed by atoms with E-state index in [1.165, 1.54) is 26.4 Å². The fourth-order valence-electron chi connectivity index (χ4n) is 3.05. The molecular weight excluding hydrogens is 432 g/mol. The Morgan fingerprint density at radius 3 is 2.42 bits per heavy atom. The molecule has 1 N–H and O–H groups in total. The van der Waals surface area contributed by atoms with Gasteiger partial charge in [-0.3, -0.25) is 4.79 Å². The Morgan fingerprint density at radius 2 is 1.85 bits per heavy atom. The SMILES string of the molecule is COC(=O)C(CC(C)C)NC(=O)COC(=O)c1ccc(OCc2c(C)noc2C)c(OC)c1. The standard InChI is InChI=1S/C23H30N2O8/c1-13(2)9-18(23(28)30-6)24-21(26)12-32-22(27)16-7-8-19(20(10-16)29-5)31-11-17-14(3)25-33-15(17)4/h7-8,10,13,18H,9,11-12H2,1-6H3,(H,24,26). The molecule has 2 rings (SSSR count). The van der Waals surface area contributed by atoms with Gasteiger partial charge in [0, 0.05) is 0 Å². The average Bonchev–Trinajstić information content (AvgIpc) is 3.11. The zero-order valence-electron chi connectivity index (χ0n) is 19.7. The number of amides is 1. The molecule has 33 heavy (non-hydrogen) atoms. The molecular formula is C23H30N2O8. The maximum absolute atomic E-state index is 12.4. The minimum absolute atomic E-state index is 0.155. The van der Waals surface area contributed by atoms with E-state index in [1.807, 2.05) is 20.8 Å². The average molecular weight is 462 g/mol. The van der Waals surface area contributed by atoms with Gasteiger partial charge in [0.25, 0.3) is 5.91 Å². The summed E-state index contributed by atoms with van der Waals surface area (Å²) in [7, 11) is 2.69. The lowest BCUT2D eigenvalue weighted by Gasteiger charge is -2.18. The summed E-state index contributed by atoms with van der Waals surface area (Å²) >= 11 is 0. The molecule has 180 valence electrons. The quantitative estimate of drug-likeness (QED) is 0.502. The van der Waals surface area contributed by atoms with Crippen molar-refractivity contribution >= 4 is 17.8 Å². The predicted molar refractivity (Wildman–Crippen MR) is 117 cm³/mol. The summed E-state index contributed by atoms with van der Waals surface area (Å²) in [6.07, 6.45) is 0.402. The number of carbonyl (C=O) groups is 3. The number of hydrogen-bond donors (Lipinski definition) is 1. The van der Waals surface area contributed by atoms with Gasteiger partial charge in [-0.25, -0.2) is 9.59 Å². The first kappa shape index (κ1) is 25.7. The smallest absolute Gasteiger partial charge is 0.338 e. The Morgan fingerprint density at radius 1 is 1.12 bits per heavy atom. The zero-order chi connectivity index (χ0) is 24.5. The summed E-state index contributed by atoms with van der Waals surface area (Å²) in [5.74, 6) is -0.328. The van der Waals surface area contributed by atoms with Crippen LogP contribution in [0, 0.1) is 19.8 Å². The molecule has 0 saturated heterocycles. The number of carbonyl (C=O) groups excluding carboxylic acids is 3. The molecule has 1 unspecified atom stereocenters. The van der Waals surface area contributed by atoms with Gasteiger partial charge < -0.3 is 28.8 Å². The van der Waals surface area contributed by atoms with Gasteiger partial charge >= 0.3 is 11.9 Å². The lowest BCUT2D eigenvalue weighted by atomic mass is 10.0. The highest BCUT2D eigenvalue weighted by atomic mass is 16.5. The van der Waals surface area contributed by atoms with Crippen molar-refractivity contribution in [2.45, 2.75) is 46.8 Å². The van der Waals surface area contributed by atoms with E-state index >= 15 is 0 Å². The van der Waals surface area contributed by atoms with Crippen LogP contribution in [0.4, 0.5) is 0 Å². The minimum atomic E-state index is -0.810. The van der Waals surface area contributed by atoms with Crippen molar-refractivity contribution < 1.29 is 37.9 Å². The largest absolute Gasteiger partial charge is 0.493 e. The topological polar surface area (TPSA) is 126 Å². The van der Waals surface area contributed by atoms with E-state index < -0.39 is 30.5 Å². The number of methoxy groups -OCH3 is 2. The van der Waals surface area contributed by atoms with E-state index in [2.05, 4.69) is 10.5 Å². The van der Waals surface area contributed by atoms with Gasteiger partial charge in [-0.2, -0.15) is 0 Å². The van der Waals surface area contributed by atoms with E-state index in [-0.39, 0.29) is 18.1 Å². The maximum atomic E-state index is 12.4. The number of hydrogen-bond acceptors (Lipinski definition) is 9. The van der Waals surface area contributed by atoms with E-state index in [4.69, 9.17) is 23.5 Å². The summed E-state index contributed by atoms with van der Waals surface area (Å²) in [6.45, 7) is 7.12. The molecule has 10 nitrogen and oxygen atoms in total. The Balaban J connectivity index is 1.97. The third-order valence-electron chi connectivity index (χ3n) is 4.81. The number of rotatable bonds is 11. The Kier molecular flexibility index (Phi) is 9.26. The molecule has 1 aromatic heterocycles. The van der Waals surface area contributed by atoms with Crippen LogP contribution in [-0.4, -0.2) is 49.9 Å². The number of aryl methyl sites for hydroxylation is 2. The molecule has 1 heterocycles. The van der Waals surface area contributed by atoms with Crippen LogP contribution in [0.2, 0.25) is 0 Å². The fourth-order valence-corrected chi connectivity index (χ4v) is 3.05. The highest BCUT2D eigenvalue weighted by Crippen LogP contribution is 2.29. The van der Waals surface area contributed by atoms with Gasteiger partial charge in [0.2, 0.25) is 0 Å². The molecule has 0 saturated carbocycles. The Bertz CT molecular complexity index is 963. The van der Waals surface area contributed by atoms with Crippen LogP contribution < -0.4 is 14.8 Å². The monoisotopic (exact) mass is 462 g/mol. The molecule has 0 fully saturated rings. The van der Waals surface area contributed by atoms with Crippen LogP contribution >= 0.6 is 0 Å². The zero-order valence-corrected chi connectivity index (χ0v) is 19.7. The second kappa shape index (κ2) is 11.9. The van der Waals surface area contributed by atoms with Gasteiger partial charge in [-0.1, -0.05) is 19.0 Å². The summed E-state index contributed by atoms with van der Waals surface area (Å²) in [5.41, 5.74) is 1.73. The molecule has 0 bridgehead atoms. The molecule has 0 radical (unpaired) electrons. The van der Waals surface area contributed by atoms with Crippen LogP contribution in [0.3, 0.4) is 0 Å². The minimum Gasteiger partial charge on any atom is -0.493 e. The molecule has 0 aliphatic heterocycles. The highest BCUT2D eigenvalue weighted by Gasteiger charge is 2.23. The Hall–Kier alpha value is -3.56. The van der Waals surface area contributed by atoms with E-state index in [9.17, 15) is 14.4 Å². The number of nitrogens with one attached hydrogen (secondary N) is 1. The molecule has 0 spiro atoms. The van der Waals surface area contributed by atoms with Crippen molar-refractivity contribution in [2.75, 3.05) is 20.8 Å². The summed E-state index contributed by atoms with van der Waals surface area (Å²) in [6, 6.07) is 3.72. The number of benzene rings is 1. The van der Waals surface area contributed by atoms with Crippen LogP contribution in [0.25, 0.3) is 0 Å². The van der Waals surface area contributed by atoms with Gasteiger partial charge in [0.1, 0.15) is 18.4 Å². The van der Waals surface area contributed by atoms with Crippen molar-refractivity contribution in [1.82, 2.24) is 10.5 Å². The lowest BCUT2D eigenvalue weighted by molar-refractivity contribution is -0.145. The molecule has 0 aliphatic rings. The van der Waals surface area contributed by atoms with Gasteiger partial charge in [0.05, 0.1) is 31.0 Å². The molecule has 1 amide bonds. The first-order chi connectivity index (χ1) is 15.7. The van der Waals surface area contributed by atoms with E-state index in [0.29, 0.717) is 23.7 Å². The van der Waals surface area contributed by atoms with Gasteiger partial charge in [-0.15, -0.1) is 0 Å². The fraction of sp³-hybridized carbons (Fsp3) is 0.478. The van der Waals surface area contributed by atoms with Crippen LogP contribution in [0.1, 0.15) is 47.6 Å². The second-order valence-electron chi connectivity index (χ2n) is 7.81. The van der Waals surface area contributed by atoms with Crippen LogP contribution in [0.15, 0.2) is 22.7 Å². The maximum Gasteiger partial charge on any atom is 0.338 e. The lowest BCUT2D eigenvalue weighted by Crippen LogP contribution is -2.44. The normalized spacial score (nSPS) is 11.6. The van der Waals surface area contributed by atoms with Gasteiger partial charge in [0.15, 0.2) is 18.1 Å². The van der Waals surface area contributed by atoms with Crippen molar-refractivity contribution in [3.05, 3.63) is 40.8 Å². The first-order valence-corrected chi connectivity index (χ1v) is 10.4. The van der Waals surface area contributed by atoms with Crippen molar-refractivity contribution in [1.29, 1.82) is 0 Å². The third kappa shape index (κ3) is 7.23. The third-order valence-corrected chi connectivity index (χ3v) is 4.81. The number of nitrogens with zero attached hydrogens (tertiary/aromatic N) is 1. The molecule has 2 aromatic rings. The highest BCUT2D eigenvalue weighted by molar-refractivity contribution is 5.92. The van der Waals surface area contributed by atoms with Crippen molar-refractivity contribution in [2.24, 2.45) is 5.92 Å². The van der Waals surface area contributed by atoms with Crippen LogP contribution in [0.5, 0.6) is 11.5 Å². The summed E-state index contributed by atoms with van der Waals surface area (Å²) in [5, 5.41) is 6.41. The number of aromatic nitrogens is 1. The molecule has 0 aliphatic carbocycles. The summed E-state index contributed by atoms with van der Waals surface area (Å²) in [4.78, 5) is 36.4. The predicted octanol–water partition coefficient (Wildman–Crippen LogP) is 2.74. The molecule has 1 atom stereocenters.